The highest BCUT2D eigenvalue weighted by Gasteiger charge is 2.24. The molecule has 1 heterocycles. The van der Waals surface area contributed by atoms with E-state index in [9.17, 15) is 4.79 Å². The first-order chi connectivity index (χ1) is 9.16. The zero-order valence-electron chi connectivity index (χ0n) is 10.9. The first kappa shape index (κ1) is 11.8. The second kappa shape index (κ2) is 4.43. The van der Waals surface area contributed by atoms with Crippen molar-refractivity contribution in [3.05, 3.63) is 53.6 Å². The van der Waals surface area contributed by atoms with Gasteiger partial charge in [0.2, 0.25) is 0 Å². The number of benzene rings is 2. The van der Waals surface area contributed by atoms with Crippen molar-refractivity contribution in [1.82, 2.24) is 0 Å². The Labute approximate surface area is 112 Å². The van der Waals surface area contributed by atoms with Gasteiger partial charge in [0.05, 0.1) is 11.3 Å². The first-order valence-corrected chi connectivity index (χ1v) is 6.38. The van der Waals surface area contributed by atoms with Crippen LogP contribution in [-0.2, 0) is 0 Å². The Kier molecular flexibility index (Phi) is 2.75. The molecule has 96 valence electrons. The van der Waals surface area contributed by atoms with E-state index >= 15 is 0 Å². The van der Waals surface area contributed by atoms with Crippen LogP contribution in [0, 0.1) is 0 Å². The molecule has 3 heteroatoms. The largest absolute Gasteiger partial charge is 0.454 e. The second-order valence-electron chi connectivity index (χ2n) is 4.93. The maximum absolute atomic E-state index is 12.4. The fraction of sp³-hybridized carbons (Fsp3) is 0.188. The Morgan fingerprint density at radius 2 is 1.74 bits per heavy atom. The number of nitrogens with one attached hydrogen (secondary N) is 1. The van der Waals surface area contributed by atoms with Crippen molar-refractivity contribution in [3.8, 4) is 11.5 Å². The van der Waals surface area contributed by atoms with Crippen molar-refractivity contribution >= 4 is 11.6 Å². The minimum absolute atomic E-state index is 0.107. The molecule has 1 aliphatic rings. The third-order valence-electron chi connectivity index (χ3n) is 3.26. The Bertz CT molecular complexity index is 647. The monoisotopic (exact) mass is 253 g/mol. The maximum Gasteiger partial charge on any atom is 0.259 e. The van der Waals surface area contributed by atoms with Crippen molar-refractivity contribution in [2.75, 3.05) is 5.32 Å². The normalized spacial score (nSPS) is 13.1. The molecule has 3 rings (SSSR count). The molecule has 1 N–H and O–H groups in total. The van der Waals surface area contributed by atoms with E-state index in [2.05, 4.69) is 19.2 Å². The van der Waals surface area contributed by atoms with Gasteiger partial charge in [-0.1, -0.05) is 38.1 Å². The van der Waals surface area contributed by atoms with Gasteiger partial charge in [0, 0.05) is 0 Å². The average molecular weight is 253 g/mol. The van der Waals surface area contributed by atoms with E-state index in [4.69, 9.17) is 4.74 Å². The summed E-state index contributed by atoms with van der Waals surface area (Å²) < 4.78 is 5.88. The number of carbonyl (C=O) groups excluding carboxylic acids is 1. The van der Waals surface area contributed by atoms with Crippen LogP contribution in [0.1, 0.15) is 35.7 Å². The van der Waals surface area contributed by atoms with Crippen LogP contribution >= 0.6 is 0 Å². The smallest absolute Gasteiger partial charge is 0.259 e. The van der Waals surface area contributed by atoms with Gasteiger partial charge in [-0.3, -0.25) is 4.79 Å². The molecule has 3 nitrogen and oxygen atoms in total. The number of ether oxygens (including phenoxy) is 1. The summed E-state index contributed by atoms with van der Waals surface area (Å²) >= 11 is 0. The highest BCUT2D eigenvalue weighted by molar-refractivity contribution is 6.09. The van der Waals surface area contributed by atoms with E-state index in [0.29, 0.717) is 22.7 Å². The topological polar surface area (TPSA) is 38.3 Å². The Hall–Kier alpha value is -2.29. The molecular formula is C16H15NO2. The van der Waals surface area contributed by atoms with Gasteiger partial charge in [-0.05, 0) is 29.7 Å². The molecule has 2 aromatic rings. The van der Waals surface area contributed by atoms with Gasteiger partial charge in [-0.25, -0.2) is 0 Å². The van der Waals surface area contributed by atoms with Gasteiger partial charge in [-0.15, -0.1) is 0 Å². The third-order valence-corrected chi connectivity index (χ3v) is 3.26. The first-order valence-electron chi connectivity index (χ1n) is 6.38. The van der Waals surface area contributed by atoms with Gasteiger partial charge < -0.3 is 10.1 Å². The van der Waals surface area contributed by atoms with E-state index in [1.54, 1.807) is 0 Å². The summed E-state index contributed by atoms with van der Waals surface area (Å²) in [4.78, 5) is 12.4. The molecule has 1 amide bonds. The molecule has 0 atom stereocenters. The number of hydrogen-bond donors (Lipinski definition) is 1. The lowest BCUT2D eigenvalue weighted by Gasteiger charge is -2.13. The molecule has 0 radical (unpaired) electrons. The summed E-state index contributed by atoms with van der Waals surface area (Å²) in [6.45, 7) is 4.14. The molecule has 1 aliphatic heterocycles. The average Bonchev–Trinajstić information content (AvgIpc) is 2.54. The minimum atomic E-state index is -0.107. The van der Waals surface area contributed by atoms with E-state index in [1.807, 2.05) is 42.5 Å². The zero-order chi connectivity index (χ0) is 13.4. The van der Waals surface area contributed by atoms with E-state index in [-0.39, 0.29) is 11.8 Å². The van der Waals surface area contributed by atoms with Crippen LogP contribution in [0.25, 0.3) is 0 Å². The van der Waals surface area contributed by atoms with Gasteiger partial charge in [-0.2, -0.15) is 0 Å². The summed E-state index contributed by atoms with van der Waals surface area (Å²) in [5.41, 5.74) is 2.34. The fourth-order valence-electron chi connectivity index (χ4n) is 2.32. The lowest BCUT2D eigenvalue weighted by Crippen LogP contribution is -2.13. The van der Waals surface area contributed by atoms with Crippen LogP contribution in [0.2, 0.25) is 0 Å². The third kappa shape index (κ3) is 1.97. The molecule has 0 aromatic heterocycles. The molecule has 0 saturated carbocycles. The standard InChI is InChI=1S/C16H15NO2/c1-10(2)11-6-5-9-14-15(11)16(18)17-12-7-3-4-8-13(12)19-14/h3-10H,1-2H3,(H,17,18). The molecule has 2 aromatic carbocycles. The number of carbonyl (C=O) groups is 1. The van der Waals surface area contributed by atoms with E-state index in [0.717, 1.165) is 5.56 Å². The predicted molar refractivity (Wildman–Crippen MR) is 75.0 cm³/mol. The van der Waals surface area contributed by atoms with Gasteiger partial charge in [0.1, 0.15) is 5.75 Å². The summed E-state index contributed by atoms with van der Waals surface area (Å²) in [5.74, 6) is 1.46. The lowest BCUT2D eigenvalue weighted by molar-refractivity contribution is 0.102. The summed E-state index contributed by atoms with van der Waals surface area (Å²) in [6.07, 6.45) is 0. The fourth-order valence-corrected chi connectivity index (χ4v) is 2.32. The summed E-state index contributed by atoms with van der Waals surface area (Å²) in [6, 6.07) is 13.2. The van der Waals surface area contributed by atoms with Gasteiger partial charge >= 0.3 is 0 Å². The van der Waals surface area contributed by atoms with Crippen molar-refractivity contribution in [2.24, 2.45) is 0 Å². The number of rotatable bonds is 1. The van der Waals surface area contributed by atoms with E-state index in [1.165, 1.54) is 0 Å². The highest BCUT2D eigenvalue weighted by atomic mass is 16.5. The quantitative estimate of drug-likeness (QED) is 0.828. The Morgan fingerprint density at radius 1 is 1.00 bits per heavy atom. The van der Waals surface area contributed by atoms with Crippen LogP contribution in [0.4, 0.5) is 5.69 Å². The van der Waals surface area contributed by atoms with Crippen molar-refractivity contribution < 1.29 is 9.53 Å². The number of fused-ring (bicyclic) bond motifs is 2. The van der Waals surface area contributed by atoms with Crippen LogP contribution in [0.5, 0.6) is 11.5 Å². The predicted octanol–water partition coefficient (Wildman–Crippen LogP) is 4.17. The lowest BCUT2D eigenvalue weighted by atomic mass is 9.96. The molecule has 0 bridgehead atoms. The van der Waals surface area contributed by atoms with Crippen LogP contribution in [0.15, 0.2) is 42.5 Å². The van der Waals surface area contributed by atoms with Gasteiger partial charge in [0.25, 0.3) is 5.91 Å². The highest BCUT2D eigenvalue weighted by Crippen LogP contribution is 2.38. The molecule has 0 saturated heterocycles. The summed E-state index contributed by atoms with van der Waals surface area (Å²) in [7, 11) is 0. The molecule has 0 fully saturated rings. The van der Waals surface area contributed by atoms with E-state index < -0.39 is 0 Å². The molecular weight excluding hydrogens is 238 g/mol. The Balaban J connectivity index is 2.19. The number of amides is 1. The zero-order valence-corrected chi connectivity index (χ0v) is 10.9. The van der Waals surface area contributed by atoms with Crippen molar-refractivity contribution in [2.45, 2.75) is 19.8 Å². The SMILES string of the molecule is CC(C)c1cccc2c1C(=O)Nc1ccccc1O2. The molecule has 0 aliphatic carbocycles. The summed E-state index contributed by atoms with van der Waals surface area (Å²) in [5, 5.41) is 2.91. The number of anilines is 1. The Morgan fingerprint density at radius 3 is 2.53 bits per heavy atom. The molecule has 19 heavy (non-hydrogen) atoms. The number of para-hydroxylation sites is 2. The second-order valence-corrected chi connectivity index (χ2v) is 4.93. The molecule has 0 unspecified atom stereocenters. The maximum atomic E-state index is 12.4. The van der Waals surface area contributed by atoms with Crippen molar-refractivity contribution in [3.63, 3.8) is 0 Å². The molecule has 0 spiro atoms. The van der Waals surface area contributed by atoms with Crippen LogP contribution < -0.4 is 10.1 Å². The number of hydrogen-bond acceptors (Lipinski definition) is 2. The minimum Gasteiger partial charge on any atom is -0.454 e. The van der Waals surface area contributed by atoms with Gasteiger partial charge in [0.15, 0.2) is 5.75 Å². The van der Waals surface area contributed by atoms with Crippen LogP contribution in [-0.4, -0.2) is 5.91 Å². The van der Waals surface area contributed by atoms with Crippen molar-refractivity contribution in [1.29, 1.82) is 0 Å². The van der Waals surface area contributed by atoms with Crippen LogP contribution in [0.3, 0.4) is 0 Å².